The molecule has 7 nitrogen and oxygen atoms in total. The first-order valence-electron chi connectivity index (χ1n) is 10.4. The van der Waals surface area contributed by atoms with Crippen LogP contribution in [0, 0.1) is 0 Å². The van der Waals surface area contributed by atoms with Crippen molar-refractivity contribution in [2.24, 2.45) is 0 Å². The lowest BCUT2D eigenvalue weighted by molar-refractivity contribution is -0.141. The number of methoxy groups -OCH3 is 2. The first-order chi connectivity index (χ1) is 14.5. The van der Waals surface area contributed by atoms with E-state index in [1.54, 1.807) is 7.11 Å². The van der Waals surface area contributed by atoms with Crippen LogP contribution >= 0.6 is 0 Å². The number of hydrogen-bond donors (Lipinski definition) is 0. The van der Waals surface area contributed by atoms with Gasteiger partial charge in [0.05, 0.1) is 26.0 Å². The zero-order chi connectivity index (χ0) is 21.3. The summed E-state index contributed by atoms with van der Waals surface area (Å²) in [6.45, 7) is 6.19. The minimum atomic E-state index is -0.267. The lowest BCUT2D eigenvalue weighted by Crippen LogP contribution is -2.22. The Kier molecular flexibility index (Phi) is 5.81. The van der Waals surface area contributed by atoms with Crippen LogP contribution < -0.4 is 4.74 Å². The van der Waals surface area contributed by atoms with Gasteiger partial charge in [0.25, 0.3) is 0 Å². The third kappa shape index (κ3) is 3.94. The summed E-state index contributed by atoms with van der Waals surface area (Å²) in [7, 11) is 3.08. The highest BCUT2D eigenvalue weighted by Gasteiger charge is 2.30. The third-order valence-electron chi connectivity index (χ3n) is 5.90. The molecule has 2 aromatic heterocycles. The van der Waals surface area contributed by atoms with Crippen LogP contribution in [-0.2, 0) is 22.6 Å². The summed E-state index contributed by atoms with van der Waals surface area (Å²) in [6.07, 6.45) is 4.22. The molecule has 0 aliphatic carbocycles. The smallest absolute Gasteiger partial charge is 0.325 e. The Bertz CT molecular complexity index is 1040. The summed E-state index contributed by atoms with van der Waals surface area (Å²) in [6, 6.07) is 8.26. The molecule has 3 heterocycles. The molecule has 3 aromatic rings. The number of fused-ring (bicyclic) bond motifs is 1. The molecule has 4 rings (SSSR count). The lowest BCUT2D eigenvalue weighted by Gasteiger charge is -2.22. The van der Waals surface area contributed by atoms with Gasteiger partial charge in [0.1, 0.15) is 12.3 Å². The first kappa shape index (κ1) is 20.5. The highest BCUT2D eigenvalue weighted by molar-refractivity contribution is 5.86. The number of likely N-dealkylation sites (tertiary alicyclic amines) is 1. The van der Waals surface area contributed by atoms with Gasteiger partial charge in [-0.3, -0.25) is 9.69 Å². The number of benzene rings is 1. The molecule has 0 spiro atoms. The molecule has 1 aromatic carbocycles. The normalized spacial score (nSPS) is 17.2. The van der Waals surface area contributed by atoms with Gasteiger partial charge in [-0.1, -0.05) is 19.0 Å². The van der Waals surface area contributed by atoms with Crippen molar-refractivity contribution in [3.8, 4) is 5.75 Å². The zero-order valence-corrected chi connectivity index (χ0v) is 18.1. The van der Waals surface area contributed by atoms with Gasteiger partial charge < -0.3 is 18.6 Å². The van der Waals surface area contributed by atoms with E-state index < -0.39 is 0 Å². The number of ether oxygens (including phenoxy) is 2. The predicted molar refractivity (Wildman–Crippen MR) is 113 cm³/mol. The molecule has 1 atom stereocenters. The second-order valence-corrected chi connectivity index (χ2v) is 8.18. The molecule has 0 amide bonds. The quantitative estimate of drug-likeness (QED) is 0.541. The van der Waals surface area contributed by atoms with Crippen LogP contribution in [0.3, 0.4) is 0 Å². The second-order valence-electron chi connectivity index (χ2n) is 8.18. The number of aromatic nitrogens is 2. The molecule has 7 heteroatoms. The van der Waals surface area contributed by atoms with E-state index >= 15 is 0 Å². The summed E-state index contributed by atoms with van der Waals surface area (Å²) in [5.41, 5.74) is 3.15. The van der Waals surface area contributed by atoms with E-state index in [0.717, 1.165) is 59.6 Å². The maximum Gasteiger partial charge on any atom is 0.325 e. The van der Waals surface area contributed by atoms with Gasteiger partial charge in [0.2, 0.25) is 0 Å². The third-order valence-corrected chi connectivity index (χ3v) is 5.90. The van der Waals surface area contributed by atoms with Crippen LogP contribution in [0.15, 0.2) is 35.0 Å². The maximum absolute atomic E-state index is 11.9. The fraction of sp³-hybridized carbons (Fsp3) is 0.478. The summed E-state index contributed by atoms with van der Waals surface area (Å²) in [5, 5.41) is 5.33. The molecule has 1 fully saturated rings. The lowest BCUT2D eigenvalue weighted by atomic mass is 10.1. The molecule has 30 heavy (non-hydrogen) atoms. The average molecular weight is 412 g/mol. The molecule has 0 saturated carbocycles. The summed E-state index contributed by atoms with van der Waals surface area (Å²) >= 11 is 0. The van der Waals surface area contributed by atoms with E-state index in [-0.39, 0.29) is 18.6 Å². The van der Waals surface area contributed by atoms with Gasteiger partial charge in [-0.2, -0.15) is 0 Å². The fourth-order valence-corrected chi connectivity index (χ4v) is 4.23. The summed E-state index contributed by atoms with van der Waals surface area (Å²) in [4.78, 5) is 14.3. The van der Waals surface area contributed by atoms with E-state index in [0.29, 0.717) is 5.92 Å². The molecule has 1 aliphatic heterocycles. The fourth-order valence-electron chi connectivity index (χ4n) is 4.23. The van der Waals surface area contributed by atoms with Gasteiger partial charge in [-0.05, 0) is 49.1 Å². The Hall–Kier alpha value is -2.80. The van der Waals surface area contributed by atoms with Crippen LogP contribution in [0.2, 0.25) is 0 Å². The van der Waals surface area contributed by atoms with E-state index in [9.17, 15) is 4.79 Å². The number of carbonyl (C=O) groups excluding carboxylic acids is 1. The number of rotatable bonds is 7. The zero-order valence-electron chi connectivity index (χ0n) is 18.1. The van der Waals surface area contributed by atoms with Gasteiger partial charge in [-0.15, -0.1) is 0 Å². The van der Waals surface area contributed by atoms with E-state index in [1.807, 2.05) is 22.8 Å². The molecule has 0 N–H and O–H groups in total. The van der Waals surface area contributed by atoms with Gasteiger partial charge in [0.15, 0.2) is 5.76 Å². The molecule has 160 valence electrons. The number of hydrogen-bond acceptors (Lipinski definition) is 6. The SMILES string of the molecule is COC(=O)Cn1cc(CN2CCC[C@H]2c2cc(C(C)C)no2)c2cc(OC)ccc21. The number of nitrogens with zero attached hydrogens (tertiary/aromatic N) is 3. The Labute approximate surface area is 176 Å². The number of esters is 1. The Morgan fingerprint density at radius 3 is 2.83 bits per heavy atom. The Morgan fingerprint density at radius 2 is 2.13 bits per heavy atom. The molecular weight excluding hydrogens is 382 g/mol. The minimum Gasteiger partial charge on any atom is -0.497 e. The van der Waals surface area contributed by atoms with Crippen molar-refractivity contribution in [1.29, 1.82) is 0 Å². The molecule has 1 aliphatic rings. The van der Waals surface area contributed by atoms with Crippen molar-refractivity contribution in [2.45, 2.75) is 51.7 Å². The van der Waals surface area contributed by atoms with Gasteiger partial charge in [0, 0.05) is 29.7 Å². The van der Waals surface area contributed by atoms with Crippen molar-refractivity contribution in [3.63, 3.8) is 0 Å². The summed E-state index contributed by atoms with van der Waals surface area (Å²) in [5.74, 6) is 1.82. The standard InChI is InChI=1S/C23H29N3O4/c1-15(2)19-11-22(30-24-19)21-6-5-9-25(21)12-16-13-26(14-23(27)29-4)20-8-7-17(28-3)10-18(16)20/h7-8,10-11,13,15,21H,5-6,9,12,14H2,1-4H3/t21-/m0/s1. The first-order valence-corrected chi connectivity index (χ1v) is 10.4. The highest BCUT2D eigenvalue weighted by atomic mass is 16.5. The van der Waals surface area contributed by atoms with Crippen molar-refractivity contribution >= 4 is 16.9 Å². The molecule has 0 radical (unpaired) electrons. The molecule has 1 saturated heterocycles. The highest BCUT2D eigenvalue weighted by Crippen LogP contribution is 2.36. The molecular formula is C23H29N3O4. The second kappa shape index (κ2) is 8.52. The van der Waals surface area contributed by atoms with Gasteiger partial charge >= 0.3 is 5.97 Å². The van der Waals surface area contributed by atoms with Crippen LogP contribution in [0.5, 0.6) is 5.75 Å². The van der Waals surface area contributed by atoms with Crippen LogP contribution in [0.4, 0.5) is 0 Å². The topological polar surface area (TPSA) is 69.7 Å². The van der Waals surface area contributed by atoms with Crippen molar-refractivity contribution in [1.82, 2.24) is 14.6 Å². The number of carbonyl (C=O) groups is 1. The van der Waals surface area contributed by atoms with Crippen molar-refractivity contribution in [3.05, 3.63) is 47.5 Å². The van der Waals surface area contributed by atoms with E-state index in [4.69, 9.17) is 14.0 Å². The van der Waals surface area contributed by atoms with E-state index in [1.165, 1.54) is 7.11 Å². The van der Waals surface area contributed by atoms with Crippen LogP contribution in [0.1, 0.15) is 55.7 Å². The maximum atomic E-state index is 11.9. The van der Waals surface area contributed by atoms with Crippen LogP contribution in [-0.4, -0.2) is 41.4 Å². The largest absolute Gasteiger partial charge is 0.497 e. The summed E-state index contributed by atoms with van der Waals surface area (Å²) < 4.78 is 18.0. The van der Waals surface area contributed by atoms with Crippen molar-refractivity contribution < 1.29 is 18.8 Å². The molecule has 0 bridgehead atoms. The van der Waals surface area contributed by atoms with E-state index in [2.05, 4.69) is 36.2 Å². The Balaban J connectivity index is 1.65. The van der Waals surface area contributed by atoms with Crippen molar-refractivity contribution in [2.75, 3.05) is 20.8 Å². The molecule has 0 unspecified atom stereocenters. The predicted octanol–water partition coefficient (Wildman–Crippen LogP) is 4.27. The Morgan fingerprint density at radius 1 is 1.30 bits per heavy atom. The van der Waals surface area contributed by atoms with Crippen LogP contribution in [0.25, 0.3) is 10.9 Å². The minimum absolute atomic E-state index is 0.183. The van der Waals surface area contributed by atoms with Gasteiger partial charge in [-0.25, -0.2) is 0 Å². The average Bonchev–Trinajstić information content (AvgIpc) is 3.47. The monoisotopic (exact) mass is 411 g/mol.